The number of benzene rings is 3. The smallest absolute Gasteiger partial charge is 0.0541 e. The Morgan fingerprint density at radius 1 is 0.743 bits per heavy atom. The van der Waals surface area contributed by atoms with Crippen molar-refractivity contribution in [3.05, 3.63) is 77.4 Å². The number of aromatic nitrogens is 1. The highest BCUT2D eigenvalue weighted by Gasteiger charge is 2.14. The van der Waals surface area contributed by atoms with Gasteiger partial charge in [0.05, 0.1) is 11.0 Å². The predicted octanol–water partition coefficient (Wildman–Crippen LogP) is 9.04. The molecular formula is C33H34ClN. The first-order valence-corrected chi connectivity index (χ1v) is 13.3. The summed E-state index contributed by atoms with van der Waals surface area (Å²) in [6.45, 7) is 2.26. The van der Waals surface area contributed by atoms with Gasteiger partial charge in [0.1, 0.15) is 0 Å². The number of halogens is 1. The van der Waals surface area contributed by atoms with E-state index in [0.717, 1.165) is 51.5 Å². The highest BCUT2D eigenvalue weighted by atomic mass is 35.5. The Balaban J connectivity index is 1.50. The molecule has 178 valence electrons. The van der Waals surface area contributed by atoms with E-state index in [2.05, 4.69) is 71.9 Å². The molecule has 1 atom stereocenters. The molecule has 0 amide bonds. The van der Waals surface area contributed by atoms with E-state index in [1.165, 1.54) is 50.5 Å². The minimum absolute atomic E-state index is 0.189. The van der Waals surface area contributed by atoms with Crippen LogP contribution in [0.15, 0.2) is 60.7 Å². The van der Waals surface area contributed by atoms with Gasteiger partial charge in [-0.25, -0.2) is 0 Å². The molecule has 35 heavy (non-hydrogen) atoms. The standard InChI is InChI=1S/C33H34ClN/c1-4-7-8-9-10-11-12-13-28(34)22-27-14-18-29(19-15-27)35-32-20-16-25(5-2)23-30(32)31-24-26(6-3)17-21-33(31)35/h2-3,14-21,23-24,28H,4,7-13,22H2,1H3. The molecule has 0 N–H and O–H groups in total. The van der Waals surface area contributed by atoms with Crippen LogP contribution in [0.1, 0.15) is 75.0 Å². The third-order valence-electron chi connectivity index (χ3n) is 6.87. The molecule has 2 heteroatoms. The summed E-state index contributed by atoms with van der Waals surface area (Å²) in [5.41, 5.74) is 6.37. The topological polar surface area (TPSA) is 4.93 Å². The third kappa shape index (κ3) is 5.93. The first-order chi connectivity index (χ1) is 17.1. The molecule has 0 aliphatic rings. The second-order valence-corrected chi connectivity index (χ2v) is 10.1. The summed E-state index contributed by atoms with van der Waals surface area (Å²) < 4.78 is 2.28. The maximum Gasteiger partial charge on any atom is 0.0541 e. The number of fused-ring (bicyclic) bond motifs is 3. The average Bonchev–Trinajstić information content (AvgIpc) is 3.21. The van der Waals surface area contributed by atoms with E-state index in [0.29, 0.717) is 0 Å². The van der Waals surface area contributed by atoms with Crippen molar-refractivity contribution >= 4 is 33.4 Å². The summed E-state index contributed by atoms with van der Waals surface area (Å²) in [5.74, 6) is 5.51. The molecule has 0 saturated carbocycles. The number of nitrogens with zero attached hydrogens (tertiary/aromatic N) is 1. The predicted molar refractivity (Wildman–Crippen MR) is 153 cm³/mol. The third-order valence-corrected chi connectivity index (χ3v) is 7.24. The quantitative estimate of drug-likeness (QED) is 0.115. The number of alkyl halides is 1. The van der Waals surface area contributed by atoms with E-state index < -0.39 is 0 Å². The zero-order valence-electron chi connectivity index (χ0n) is 20.7. The van der Waals surface area contributed by atoms with Crippen LogP contribution in [-0.2, 0) is 6.42 Å². The summed E-state index contributed by atoms with van der Waals surface area (Å²) in [6.07, 6.45) is 22.6. The van der Waals surface area contributed by atoms with Gasteiger partial charge in [-0.2, -0.15) is 0 Å². The van der Waals surface area contributed by atoms with E-state index in [1.807, 2.05) is 12.1 Å². The van der Waals surface area contributed by atoms with Crippen LogP contribution in [-0.4, -0.2) is 9.94 Å². The number of rotatable bonds is 11. The molecule has 0 aliphatic heterocycles. The Morgan fingerprint density at radius 3 is 1.83 bits per heavy atom. The maximum absolute atomic E-state index is 6.69. The lowest BCUT2D eigenvalue weighted by Gasteiger charge is -2.12. The average molecular weight is 480 g/mol. The van der Waals surface area contributed by atoms with E-state index in [1.54, 1.807) is 0 Å². The molecule has 1 unspecified atom stereocenters. The minimum Gasteiger partial charge on any atom is -0.309 e. The Bertz CT molecular complexity index is 1290. The largest absolute Gasteiger partial charge is 0.309 e. The summed E-state index contributed by atoms with van der Waals surface area (Å²) in [4.78, 5) is 0. The molecule has 4 rings (SSSR count). The molecule has 1 nitrogen and oxygen atoms in total. The van der Waals surface area contributed by atoms with Crippen LogP contribution in [0.25, 0.3) is 27.5 Å². The van der Waals surface area contributed by atoms with Crippen LogP contribution in [0.2, 0.25) is 0 Å². The van der Waals surface area contributed by atoms with Crippen LogP contribution in [0, 0.1) is 24.7 Å². The Labute approximate surface area is 215 Å². The molecule has 0 fully saturated rings. The zero-order chi connectivity index (χ0) is 24.6. The van der Waals surface area contributed by atoms with Gasteiger partial charge in [0, 0.05) is 33.0 Å². The molecule has 0 saturated heterocycles. The van der Waals surface area contributed by atoms with Gasteiger partial charge in [-0.1, -0.05) is 75.8 Å². The molecule has 0 radical (unpaired) electrons. The fourth-order valence-corrected chi connectivity index (χ4v) is 5.28. The summed E-state index contributed by atoms with van der Waals surface area (Å²) >= 11 is 6.69. The van der Waals surface area contributed by atoms with Gasteiger partial charge in [-0.3, -0.25) is 0 Å². The Morgan fingerprint density at radius 2 is 1.29 bits per heavy atom. The fourth-order valence-electron chi connectivity index (χ4n) is 4.94. The van der Waals surface area contributed by atoms with Crippen molar-refractivity contribution in [1.82, 2.24) is 4.57 Å². The SMILES string of the molecule is C#Cc1ccc2c(c1)c1cc(C#C)ccc1n2-c1ccc(CC(Cl)CCCCCCCCC)cc1. The fraction of sp³-hybridized carbons (Fsp3) is 0.333. The van der Waals surface area contributed by atoms with Gasteiger partial charge in [0.2, 0.25) is 0 Å². The maximum atomic E-state index is 6.69. The molecule has 0 spiro atoms. The molecule has 1 heterocycles. The van der Waals surface area contributed by atoms with Crippen LogP contribution in [0.3, 0.4) is 0 Å². The summed E-state index contributed by atoms with van der Waals surface area (Å²) in [7, 11) is 0. The summed E-state index contributed by atoms with van der Waals surface area (Å²) in [5, 5.41) is 2.42. The minimum atomic E-state index is 0.189. The Hall–Kier alpha value is -3.13. The lowest BCUT2D eigenvalue weighted by molar-refractivity contribution is 0.567. The normalized spacial score (nSPS) is 12.0. The molecule has 4 aromatic rings. The Kier molecular flexibility index (Phi) is 8.58. The number of unbranched alkanes of at least 4 members (excludes halogenated alkanes) is 6. The lowest BCUT2D eigenvalue weighted by Crippen LogP contribution is -2.04. The molecule has 0 aliphatic carbocycles. The lowest BCUT2D eigenvalue weighted by atomic mass is 10.0. The zero-order valence-corrected chi connectivity index (χ0v) is 21.5. The van der Waals surface area contributed by atoms with E-state index in [4.69, 9.17) is 24.4 Å². The van der Waals surface area contributed by atoms with Crippen LogP contribution in [0.5, 0.6) is 0 Å². The monoisotopic (exact) mass is 479 g/mol. The molecule has 3 aromatic carbocycles. The van der Waals surface area contributed by atoms with Gasteiger partial charge < -0.3 is 4.57 Å². The number of terminal acetylenes is 2. The van der Waals surface area contributed by atoms with Crippen molar-refractivity contribution < 1.29 is 0 Å². The van der Waals surface area contributed by atoms with Gasteiger partial charge in [-0.15, -0.1) is 24.4 Å². The highest BCUT2D eigenvalue weighted by molar-refractivity contribution is 6.20. The first kappa shape index (κ1) is 25.0. The van der Waals surface area contributed by atoms with E-state index in [-0.39, 0.29) is 5.38 Å². The summed E-state index contributed by atoms with van der Waals surface area (Å²) in [6, 6.07) is 21.1. The number of hydrogen-bond donors (Lipinski definition) is 0. The van der Waals surface area contributed by atoms with Crippen molar-refractivity contribution in [2.45, 2.75) is 70.1 Å². The second kappa shape index (κ2) is 12.0. The van der Waals surface area contributed by atoms with Crippen molar-refractivity contribution in [2.75, 3.05) is 0 Å². The van der Waals surface area contributed by atoms with Gasteiger partial charge in [-0.05, 0) is 66.9 Å². The molecule has 0 bridgehead atoms. The van der Waals surface area contributed by atoms with Crippen molar-refractivity contribution in [1.29, 1.82) is 0 Å². The number of hydrogen-bond acceptors (Lipinski definition) is 0. The van der Waals surface area contributed by atoms with Gasteiger partial charge in [0.15, 0.2) is 0 Å². The second-order valence-electron chi connectivity index (χ2n) is 9.47. The van der Waals surface area contributed by atoms with Gasteiger partial charge >= 0.3 is 0 Å². The molecule has 1 aromatic heterocycles. The van der Waals surface area contributed by atoms with E-state index in [9.17, 15) is 0 Å². The van der Waals surface area contributed by atoms with Crippen molar-refractivity contribution in [3.8, 4) is 30.4 Å². The van der Waals surface area contributed by atoms with Crippen LogP contribution >= 0.6 is 11.6 Å². The van der Waals surface area contributed by atoms with Crippen LogP contribution in [0.4, 0.5) is 0 Å². The van der Waals surface area contributed by atoms with E-state index >= 15 is 0 Å². The van der Waals surface area contributed by atoms with Crippen molar-refractivity contribution in [3.63, 3.8) is 0 Å². The van der Waals surface area contributed by atoms with Crippen LogP contribution < -0.4 is 0 Å². The molecular weight excluding hydrogens is 446 g/mol. The van der Waals surface area contributed by atoms with Gasteiger partial charge in [0.25, 0.3) is 0 Å². The van der Waals surface area contributed by atoms with Crippen molar-refractivity contribution in [2.24, 2.45) is 0 Å². The highest BCUT2D eigenvalue weighted by Crippen LogP contribution is 2.33. The first-order valence-electron chi connectivity index (χ1n) is 12.9.